The second kappa shape index (κ2) is 12.7. The lowest BCUT2D eigenvalue weighted by Crippen LogP contribution is -2.50. The lowest BCUT2D eigenvalue weighted by molar-refractivity contribution is 0.0738. The third-order valence-corrected chi connectivity index (χ3v) is 19.2. The molecule has 0 aromatic heterocycles. The van der Waals surface area contributed by atoms with Crippen LogP contribution in [0, 0.1) is 0 Å². The molecule has 0 unspecified atom stereocenters. The highest BCUT2D eigenvalue weighted by Crippen LogP contribution is 2.46. The summed E-state index contributed by atoms with van der Waals surface area (Å²) in [4.78, 5) is 27.6. The molecule has 2 N–H and O–H groups in total. The molecule has 0 spiro atoms. The van der Waals surface area contributed by atoms with Gasteiger partial charge in [-0.05, 0) is 54.2 Å². The minimum absolute atomic E-state index is 0.0468. The molecule has 2 rings (SSSR count). The number of carbonyl (C=O) groups is 2. The first-order valence-corrected chi connectivity index (χ1v) is 19.4. The number of methoxy groups -OCH3 is 1. The van der Waals surface area contributed by atoms with Gasteiger partial charge in [0.2, 0.25) is 0 Å². The number of anilines is 1. The normalized spacial score (nSPS) is 16.6. The van der Waals surface area contributed by atoms with E-state index in [0.29, 0.717) is 41.2 Å². The maximum Gasteiger partial charge on any atom is 0.409 e. The molecule has 1 aromatic carbocycles. The van der Waals surface area contributed by atoms with Crippen LogP contribution in [0.4, 0.5) is 10.5 Å². The molecule has 0 radical (unpaired) electrons. The minimum atomic E-state index is -2.39. The van der Waals surface area contributed by atoms with Crippen molar-refractivity contribution in [3.63, 3.8) is 0 Å². The van der Waals surface area contributed by atoms with E-state index in [-0.39, 0.29) is 28.2 Å². The molecular weight excluding hydrogens is 541 g/mol. The second-order valence-electron chi connectivity index (χ2n) is 13.5. The number of ether oxygens (including phenoxy) is 1. The SMILES string of the molecule is COc1cc(C(=O)N2C=C(C)C[C@H]2CO[Si](C)(C)C(C)(C)C)c(NC(=O)O)cc1O[Si](C(C)C)(C(C)C)C(C)C. The van der Waals surface area contributed by atoms with E-state index < -0.39 is 22.7 Å². The Bertz CT molecular complexity index is 1090. The van der Waals surface area contributed by atoms with Crippen molar-refractivity contribution in [2.75, 3.05) is 19.0 Å². The summed E-state index contributed by atoms with van der Waals surface area (Å²) in [5.41, 5.74) is 2.35. The first-order chi connectivity index (χ1) is 18.3. The molecule has 1 aliphatic rings. The Morgan fingerprint density at radius 1 is 1.05 bits per heavy atom. The van der Waals surface area contributed by atoms with Crippen LogP contribution in [0.2, 0.25) is 34.8 Å². The van der Waals surface area contributed by atoms with Crippen LogP contribution in [0.1, 0.15) is 86.0 Å². The van der Waals surface area contributed by atoms with Gasteiger partial charge in [0.05, 0.1) is 31.0 Å². The van der Waals surface area contributed by atoms with Crippen LogP contribution >= 0.6 is 0 Å². The average Bonchev–Trinajstić information content (AvgIpc) is 3.19. The van der Waals surface area contributed by atoms with E-state index in [1.165, 1.54) is 0 Å². The Morgan fingerprint density at radius 2 is 1.60 bits per heavy atom. The fourth-order valence-electron chi connectivity index (χ4n) is 5.63. The Morgan fingerprint density at radius 3 is 2.05 bits per heavy atom. The summed E-state index contributed by atoms with van der Waals surface area (Å²) in [5.74, 6) is 0.554. The van der Waals surface area contributed by atoms with E-state index in [0.717, 1.165) is 5.57 Å². The number of carbonyl (C=O) groups excluding carboxylic acids is 1. The van der Waals surface area contributed by atoms with Crippen molar-refractivity contribution in [3.05, 3.63) is 29.5 Å². The van der Waals surface area contributed by atoms with Gasteiger partial charge in [-0.3, -0.25) is 10.1 Å². The molecule has 10 heteroatoms. The third-order valence-electron chi connectivity index (χ3n) is 8.76. The summed E-state index contributed by atoms with van der Waals surface area (Å²) in [7, 11) is -2.87. The highest BCUT2D eigenvalue weighted by molar-refractivity contribution is 6.78. The number of rotatable bonds is 11. The lowest BCUT2D eigenvalue weighted by atomic mass is 10.1. The zero-order chi connectivity index (χ0) is 30.8. The van der Waals surface area contributed by atoms with Crippen LogP contribution < -0.4 is 14.5 Å². The predicted molar refractivity (Wildman–Crippen MR) is 168 cm³/mol. The van der Waals surface area contributed by atoms with Crippen LogP contribution in [-0.4, -0.2) is 58.4 Å². The lowest BCUT2D eigenvalue weighted by Gasteiger charge is -2.42. The Hall–Kier alpha value is -2.31. The Kier molecular flexibility index (Phi) is 10.8. The molecule has 0 fully saturated rings. The van der Waals surface area contributed by atoms with Crippen molar-refractivity contribution in [3.8, 4) is 11.5 Å². The molecule has 1 heterocycles. The summed E-state index contributed by atoms with van der Waals surface area (Å²) in [6.07, 6.45) is 1.29. The molecule has 0 saturated carbocycles. The molecule has 0 aliphatic carbocycles. The van der Waals surface area contributed by atoms with Gasteiger partial charge in [-0.25, -0.2) is 4.79 Å². The molecular formula is C30H52N2O6Si2. The molecule has 1 aromatic rings. The van der Waals surface area contributed by atoms with E-state index >= 15 is 0 Å². The van der Waals surface area contributed by atoms with Gasteiger partial charge in [0.15, 0.2) is 14.1 Å². The predicted octanol–water partition coefficient (Wildman–Crippen LogP) is 8.48. The standard InChI is InChI=1S/C30H52N2O6Si2/c1-19(2)40(20(3)4,21(5)6)38-27-16-25(31-29(34)35)24(15-26(27)36-11)28(33)32-17-22(7)14-23(32)18-37-39(12,13)30(8,9)10/h15-17,19-21,23,31H,14,18H2,1-13H3,(H,34,35)/t23-/m0/s1. The van der Waals surface area contributed by atoms with Gasteiger partial charge in [0.1, 0.15) is 5.75 Å². The zero-order valence-electron chi connectivity index (χ0n) is 26.9. The highest BCUT2D eigenvalue weighted by atomic mass is 28.4. The summed E-state index contributed by atoms with van der Waals surface area (Å²) in [6, 6.07) is 3.04. The maximum atomic E-state index is 14.0. The van der Waals surface area contributed by atoms with Gasteiger partial charge in [-0.2, -0.15) is 0 Å². The van der Waals surface area contributed by atoms with Crippen molar-refractivity contribution < 1.29 is 28.3 Å². The maximum absolute atomic E-state index is 14.0. The summed E-state index contributed by atoms with van der Waals surface area (Å²) in [5, 5.41) is 12.2. The molecule has 0 saturated heterocycles. The van der Waals surface area contributed by atoms with Crippen LogP contribution in [0.5, 0.6) is 11.5 Å². The van der Waals surface area contributed by atoms with Crippen LogP contribution in [0.15, 0.2) is 23.9 Å². The first-order valence-electron chi connectivity index (χ1n) is 14.3. The van der Waals surface area contributed by atoms with Gasteiger partial charge in [-0.1, -0.05) is 67.9 Å². The van der Waals surface area contributed by atoms with Gasteiger partial charge >= 0.3 is 6.09 Å². The zero-order valence-corrected chi connectivity index (χ0v) is 28.9. The molecule has 226 valence electrons. The molecule has 8 nitrogen and oxygen atoms in total. The number of nitrogens with one attached hydrogen (secondary N) is 1. The highest BCUT2D eigenvalue weighted by Gasteiger charge is 2.47. The van der Waals surface area contributed by atoms with E-state index in [1.54, 1.807) is 24.1 Å². The monoisotopic (exact) mass is 592 g/mol. The molecule has 2 amide bonds. The topological polar surface area (TPSA) is 97.3 Å². The Labute approximate surface area is 243 Å². The Balaban J connectivity index is 2.56. The van der Waals surface area contributed by atoms with E-state index in [1.807, 2.05) is 13.1 Å². The number of hydrogen-bond acceptors (Lipinski definition) is 5. The van der Waals surface area contributed by atoms with Crippen LogP contribution in [0.25, 0.3) is 0 Å². The van der Waals surface area contributed by atoms with Crippen LogP contribution in [-0.2, 0) is 4.43 Å². The first kappa shape index (κ1) is 33.9. The summed E-state index contributed by atoms with van der Waals surface area (Å²) < 4.78 is 19.1. The summed E-state index contributed by atoms with van der Waals surface area (Å²) >= 11 is 0. The number of nitrogens with zero attached hydrogens (tertiary/aromatic N) is 1. The second-order valence-corrected chi connectivity index (χ2v) is 23.7. The van der Waals surface area contributed by atoms with Gasteiger partial charge in [0, 0.05) is 12.3 Å². The number of amides is 2. The molecule has 1 aliphatic heterocycles. The fourth-order valence-corrected chi connectivity index (χ4v) is 11.9. The quantitative estimate of drug-likeness (QED) is 0.250. The van der Waals surface area contributed by atoms with Gasteiger partial charge in [0.25, 0.3) is 14.2 Å². The molecule has 40 heavy (non-hydrogen) atoms. The average molecular weight is 593 g/mol. The largest absolute Gasteiger partial charge is 0.540 e. The third kappa shape index (κ3) is 7.12. The van der Waals surface area contributed by atoms with E-state index in [2.05, 4.69) is 80.7 Å². The van der Waals surface area contributed by atoms with Crippen molar-refractivity contribution in [2.24, 2.45) is 0 Å². The number of carboxylic acid groups (broad SMARTS) is 1. The van der Waals surface area contributed by atoms with Crippen molar-refractivity contribution in [1.82, 2.24) is 4.90 Å². The van der Waals surface area contributed by atoms with Crippen molar-refractivity contribution in [2.45, 2.75) is 116 Å². The van der Waals surface area contributed by atoms with Crippen molar-refractivity contribution in [1.29, 1.82) is 0 Å². The van der Waals surface area contributed by atoms with Gasteiger partial charge < -0.3 is 23.6 Å². The molecule has 0 bridgehead atoms. The van der Waals surface area contributed by atoms with Crippen molar-refractivity contribution >= 4 is 34.3 Å². The van der Waals surface area contributed by atoms with Crippen LogP contribution in [0.3, 0.4) is 0 Å². The van der Waals surface area contributed by atoms with E-state index in [9.17, 15) is 14.7 Å². The van der Waals surface area contributed by atoms with E-state index in [4.69, 9.17) is 13.6 Å². The fraction of sp³-hybridized carbons (Fsp3) is 0.667. The number of benzene rings is 1. The smallest absolute Gasteiger partial charge is 0.409 e. The van der Waals surface area contributed by atoms with Gasteiger partial charge in [-0.15, -0.1) is 0 Å². The number of hydrogen-bond donors (Lipinski definition) is 2. The minimum Gasteiger partial charge on any atom is -0.540 e. The summed E-state index contributed by atoms with van der Waals surface area (Å²) in [6.45, 7) is 26.5. The molecule has 1 atom stereocenters.